The van der Waals surface area contributed by atoms with Crippen molar-refractivity contribution in [1.82, 2.24) is 4.98 Å². The largest absolute Gasteiger partial charge is 0.361 e. The van der Waals surface area contributed by atoms with Crippen molar-refractivity contribution in [3.8, 4) is 0 Å². The second kappa shape index (κ2) is 4.71. The van der Waals surface area contributed by atoms with Gasteiger partial charge in [0, 0.05) is 17.6 Å². The average Bonchev–Trinajstić information content (AvgIpc) is 2.94. The number of rotatable bonds is 3. The van der Waals surface area contributed by atoms with Crippen molar-refractivity contribution in [2.45, 2.75) is 9.79 Å². The zero-order valence-corrected chi connectivity index (χ0v) is 11.5. The van der Waals surface area contributed by atoms with E-state index in [0.29, 0.717) is 10.9 Å². The molecule has 3 aromatic rings. The predicted molar refractivity (Wildman–Crippen MR) is 76.8 cm³/mol. The number of nitrogens with zero attached hydrogens (tertiary/aromatic N) is 1. The van der Waals surface area contributed by atoms with Gasteiger partial charge in [-0.15, -0.1) is 0 Å². The van der Waals surface area contributed by atoms with Crippen molar-refractivity contribution < 1.29 is 13.3 Å². The first-order valence-corrected chi connectivity index (χ1v) is 7.54. The Labute approximate surface area is 120 Å². The molecule has 0 radical (unpaired) electrons. The summed E-state index contributed by atoms with van der Waals surface area (Å²) in [6, 6.07) is 11.9. The Morgan fingerprint density at radius 2 is 1.76 bits per heavy atom. The summed E-state index contributed by atoms with van der Waals surface area (Å²) in [4.78, 5) is 13.1. The lowest BCUT2D eigenvalue weighted by atomic mass is 10.2. The van der Waals surface area contributed by atoms with E-state index in [-0.39, 0.29) is 9.79 Å². The molecule has 7 heteroatoms. The third-order valence-corrected chi connectivity index (χ3v) is 4.97. The van der Waals surface area contributed by atoms with E-state index in [2.05, 4.69) is 4.98 Å². The van der Waals surface area contributed by atoms with E-state index in [9.17, 15) is 18.5 Å². The molecule has 3 rings (SSSR count). The fraction of sp³-hybridized carbons (Fsp3) is 0. The second-order valence-electron chi connectivity index (χ2n) is 4.46. The molecule has 0 unspecified atom stereocenters. The van der Waals surface area contributed by atoms with Gasteiger partial charge in [0.2, 0.25) is 9.84 Å². The topological polar surface area (TPSA) is 93.1 Å². The fourth-order valence-electron chi connectivity index (χ4n) is 2.15. The van der Waals surface area contributed by atoms with Crippen LogP contribution in [0.1, 0.15) is 0 Å². The standard InChI is InChI=1S/C14H10N2O4S/c17-16(18)13-9-12-10(6-7-15-12)8-14(13)21(19,20)11-4-2-1-3-5-11/h1-9,15H. The molecule has 0 aliphatic carbocycles. The van der Waals surface area contributed by atoms with Crippen LogP contribution in [0.25, 0.3) is 10.9 Å². The van der Waals surface area contributed by atoms with Gasteiger partial charge in [0.1, 0.15) is 4.90 Å². The van der Waals surface area contributed by atoms with E-state index >= 15 is 0 Å². The molecule has 1 heterocycles. The van der Waals surface area contributed by atoms with Crippen molar-refractivity contribution in [2.75, 3.05) is 0 Å². The Morgan fingerprint density at radius 3 is 2.43 bits per heavy atom. The number of nitro benzene ring substituents is 1. The lowest BCUT2D eigenvalue weighted by Crippen LogP contribution is -2.05. The predicted octanol–water partition coefficient (Wildman–Crippen LogP) is 2.91. The van der Waals surface area contributed by atoms with Crippen LogP contribution in [0.3, 0.4) is 0 Å². The van der Waals surface area contributed by atoms with Crippen LogP contribution in [0.4, 0.5) is 5.69 Å². The molecule has 0 bridgehead atoms. The molecule has 1 aromatic heterocycles. The Balaban J connectivity index is 2.33. The summed E-state index contributed by atoms with van der Waals surface area (Å²) in [7, 11) is -3.94. The number of nitrogens with one attached hydrogen (secondary N) is 1. The molecule has 0 spiro atoms. The van der Waals surface area contributed by atoms with Crippen molar-refractivity contribution >= 4 is 26.4 Å². The van der Waals surface area contributed by atoms with E-state index in [4.69, 9.17) is 0 Å². The summed E-state index contributed by atoms with van der Waals surface area (Å²) in [6.07, 6.45) is 1.60. The maximum atomic E-state index is 12.6. The Hall–Kier alpha value is -2.67. The molecule has 106 valence electrons. The zero-order valence-electron chi connectivity index (χ0n) is 10.7. The minimum Gasteiger partial charge on any atom is -0.361 e. The Kier molecular flexibility index (Phi) is 2.99. The van der Waals surface area contributed by atoms with Gasteiger partial charge in [-0.05, 0) is 24.3 Å². The van der Waals surface area contributed by atoms with E-state index < -0.39 is 20.4 Å². The number of nitro groups is 1. The number of hydrogen-bond acceptors (Lipinski definition) is 4. The summed E-state index contributed by atoms with van der Waals surface area (Å²) < 4.78 is 25.2. The molecule has 0 saturated heterocycles. The molecule has 0 aliphatic rings. The molecule has 2 aromatic carbocycles. The molecule has 1 N–H and O–H groups in total. The van der Waals surface area contributed by atoms with Gasteiger partial charge in [-0.1, -0.05) is 18.2 Å². The van der Waals surface area contributed by atoms with Gasteiger partial charge < -0.3 is 4.98 Å². The van der Waals surface area contributed by atoms with E-state index in [1.54, 1.807) is 30.5 Å². The normalized spacial score (nSPS) is 11.6. The molecular formula is C14H10N2O4S. The first-order valence-electron chi connectivity index (χ1n) is 6.06. The number of H-pyrrole nitrogens is 1. The van der Waals surface area contributed by atoms with Gasteiger partial charge >= 0.3 is 0 Å². The molecular weight excluding hydrogens is 292 g/mol. The molecule has 6 nitrogen and oxygen atoms in total. The third kappa shape index (κ3) is 2.17. The van der Waals surface area contributed by atoms with Crippen LogP contribution < -0.4 is 0 Å². The van der Waals surface area contributed by atoms with Crippen LogP contribution >= 0.6 is 0 Å². The van der Waals surface area contributed by atoms with Crippen molar-refractivity contribution in [3.63, 3.8) is 0 Å². The van der Waals surface area contributed by atoms with Gasteiger partial charge in [-0.25, -0.2) is 8.42 Å². The first-order chi connectivity index (χ1) is 10.00. The van der Waals surface area contributed by atoms with Crippen LogP contribution in [0, 0.1) is 10.1 Å². The highest BCUT2D eigenvalue weighted by atomic mass is 32.2. The lowest BCUT2D eigenvalue weighted by Gasteiger charge is -2.06. The summed E-state index contributed by atoms with van der Waals surface area (Å²) in [5.74, 6) is 0. The minimum atomic E-state index is -3.94. The second-order valence-corrected chi connectivity index (χ2v) is 6.38. The van der Waals surface area contributed by atoms with Crippen LogP contribution in [-0.2, 0) is 9.84 Å². The molecule has 0 aliphatic heterocycles. The molecule has 0 atom stereocenters. The molecule has 0 fully saturated rings. The van der Waals surface area contributed by atoms with Crippen LogP contribution in [0.5, 0.6) is 0 Å². The van der Waals surface area contributed by atoms with E-state index in [1.807, 2.05) is 0 Å². The number of fused-ring (bicyclic) bond motifs is 1. The Morgan fingerprint density at radius 1 is 1.05 bits per heavy atom. The summed E-state index contributed by atoms with van der Waals surface area (Å²) >= 11 is 0. The zero-order chi connectivity index (χ0) is 15.0. The maximum Gasteiger partial charge on any atom is 0.290 e. The minimum absolute atomic E-state index is 0.0305. The number of hydrogen-bond donors (Lipinski definition) is 1. The molecule has 21 heavy (non-hydrogen) atoms. The monoisotopic (exact) mass is 302 g/mol. The number of aromatic amines is 1. The van der Waals surface area contributed by atoms with E-state index in [1.165, 1.54) is 24.3 Å². The third-order valence-electron chi connectivity index (χ3n) is 3.17. The van der Waals surface area contributed by atoms with E-state index in [0.717, 1.165) is 0 Å². The summed E-state index contributed by atoms with van der Waals surface area (Å²) in [5, 5.41) is 11.8. The number of aromatic nitrogens is 1. The highest BCUT2D eigenvalue weighted by Crippen LogP contribution is 2.32. The SMILES string of the molecule is O=[N+]([O-])c1cc2[nH]ccc2cc1S(=O)(=O)c1ccccc1. The van der Waals surface area contributed by atoms with Gasteiger partial charge in [-0.2, -0.15) is 0 Å². The maximum absolute atomic E-state index is 12.6. The van der Waals surface area contributed by atoms with Gasteiger partial charge in [0.05, 0.1) is 15.3 Å². The summed E-state index contributed by atoms with van der Waals surface area (Å²) in [6.45, 7) is 0. The average molecular weight is 302 g/mol. The van der Waals surface area contributed by atoms with Gasteiger partial charge in [0.15, 0.2) is 0 Å². The fourth-order valence-corrected chi connectivity index (χ4v) is 3.61. The van der Waals surface area contributed by atoms with Gasteiger partial charge in [0.25, 0.3) is 5.69 Å². The first kappa shape index (κ1) is 13.3. The quantitative estimate of drug-likeness (QED) is 0.594. The molecule has 0 saturated carbocycles. The smallest absolute Gasteiger partial charge is 0.290 e. The van der Waals surface area contributed by atoms with Gasteiger partial charge in [-0.3, -0.25) is 10.1 Å². The van der Waals surface area contributed by atoms with Crippen LogP contribution in [0.2, 0.25) is 0 Å². The van der Waals surface area contributed by atoms with Crippen molar-refractivity contribution in [3.05, 3.63) is 64.8 Å². The van der Waals surface area contributed by atoms with Crippen LogP contribution in [0.15, 0.2) is 64.5 Å². The number of benzene rings is 2. The van der Waals surface area contributed by atoms with Crippen LogP contribution in [-0.4, -0.2) is 18.3 Å². The van der Waals surface area contributed by atoms with Crippen molar-refractivity contribution in [2.24, 2.45) is 0 Å². The number of sulfone groups is 1. The highest BCUT2D eigenvalue weighted by molar-refractivity contribution is 7.91. The lowest BCUT2D eigenvalue weighted by molar-refractivity contribution is -0.387. The Bertz CT molecular complexity index is 930. The summed E-state index contributed by atoms with van der Waals surface area (Å²) in [5.41, 5.74) is 0.0857. The molecule has 0 amide bonds. The highest BCUT2D eigenvalue weighted by Gasteiger charge is 2.28. The van der Waals surface area contributed by atoms with Crippen molar-refractivity contribution in [1.29, 1.82) is 0 Å².